The number of aliphatic imine (C=N–C) groups is 1. The van der Waals surface area contributed by atoms with Gasteiger partial charge in [-0.2, -0.15) is 8.78 Å². The van der Waals surface area contributed by atoms with E-state index in [9.17, 15) is 13.6 Å². The van der Waals surface area contributed by atoms with E-state index in [0.29, 0.717) is 29.9 Å². The van der Waals surface area contributed by atoms with Crippen molar-refractivity contribution >= 4 is 35.8 Å². The first-order valence-corrected chi connectivity index (χ1v) is 10.4. The minimum atomic E-state index is -2.94. The van der Waals surface area contributed by atoms with Crippen molar-refractivity contribution in [2.24, 2.45) is 4.99 Å². The maximum atomic E-state index is 12.8. The van der Waals surface area contributed by atoms with Crippen LogP contribution < -0.4 is 20.1 Å². The Hall–Kier alpha value is -1.89. The second kappa shape index (κ2) is 14.3. The summed E-state index contributed by atoms with van der Waals surface area (Å²) in [6.07, 6.45) is 2.24. The zero-order valence-electron chi connectivity index (χ0n) is 19.1. The summed E-state index contributed by atoms with van der Waals surface area (Å²) in [7, 11) is 4.85. The number of likely N-dealkylation sites (N-methyl/N-ethyl adjacent to an activating group) is 2. The number of methoxy groups -OCH3 is 1. The number of halogens is 3. The summed E-state index contributed by atoms with van der Waals surface area (Å²) in [5, 5.41) is 6.31. The lowest BCUT2D eigenvalue weighted by molar-refractivity contribution is -0.127. The quantitative estimate of drug-likeness (QED) is 0.256. The average Bonchev–Trinajstić information content (AvgIpc) is 3.20. The van der Waals surface area contributed by atoms with Gasteiger partial charge in [-0.15, -0.1) is 24.0 Å². The fourth-order valence-electron chi connectivity index (χ4n) is 3.43. The Morgan fingerprint density at radius 3 is 2.72 bits per heavy atom. The average molecular weight is 569 g/mol. The van der Waals surface area contributed by atoms with E-state index in [1.807, 2.05) is 0 Å². The highest BCUT2D eigenvalue weighted by atomic mass is 127. The van der Waals surface area contributed by atoms with E-state index in [2.05, 4.69) is 32.2 Å². The zero-order chi connectivity index (χ0) is 22.8. The third-order valence-corrected chi connectivity index (χ3v) is 5.21. The molecule has 1 fully saturated rings. The molecule has 0 aliphatic carbocycles. The topological polar surface area (TPSA) is 78.4 Å². The number of hydrogen-bond donors (Lipinski definition) is 2. The van der Waals surface area contributed by atoms with Gasteiger partial charge in [0, 0.05) is 32.2 Å². The molecule has 2 N–H and O–H groups in total. The highest BCUT2D eigenvalue weighted by Crippen LogP contribution is 2.26. The largest absolute Gasteiger partial charge is 0.497 e. The minimum absolute atomic E-state index is 0. The molecule has 182 valence electrons. The number of benzene rings is 1. The Labute approximate surface area is 205 Å². The van der Waals surface area contributed by atoms with E-state index in [1.165, 1.54) is 18.1 Å². The maximum Gasteiger partial charge on any atom is 0.387 e. The molecule has 1 aromatic carbocycles. The molecule has 8 nitrogen and oxygen atoms in total. The number of amides is 1. The molecule has 1 atom stereocenters. The van der Waals surface area contributed by atoms with Gasteiger partial charge in [0.1, 0.15) is 11.5 Å². The molecular formula is C21H34F2IN5O3. The molecule has 11 heteroatoms. The van der Waals surface area contributed by atoms with Crippen molar-refractivity contribution < 1.29 is 23.0 Å². The number of likely N-dealkylation sites (tertiary alicyclic amines) is 1. The lowest BCUT2D eigenvalue weighted by Crippen LogP contribution is -2.47. The molecule has 2 rings (SSSR count). The number of rotatable bonds is 10. The number of guanidine groups is 1. The Balaban J connectivity index is 0.00000512. The second-order valence-corrected chi connectivity index (χ2v) is 7.46. The van der Waals surface area contributed by atoms with Gasteiger partial charge in [-0.1, -0.05) is 6.92 Å². The molecule has 1 aliphatic heterocycles. The first-order valence-electron chi connectivity index (χ1n) is 10.4. The van der Waals surface area contributed by atoms with E-state index in [1.54, 1.807) is 26.2 Å². The van der Waals surface area contributed by atoms with Crippen LogP contribution in [0.25, 0.3) is 0 Å². The summed E-state index contributed by atoms with van der Waals surface area (Å²) in [5.74, 6) is 0.885. The summed E-state index contributed by atoms with van der Waals surface area (Å²) in [6.45, 7) is 2.06. The van der Waals surface area contributed by atoms with Crippen LogP contribution in [0.1, 0.15) is 25.3 Å². The fourth-order valence-corrected chi connectivity index (χ4v) is 3.43. The van der Waals surface area contributed by atoms with Crippen molar-refractivity contribution in [2.75, 3.05) is 47.4 Å². The standard InChI is InChI=1S/C21H33F2N5O3.HI/c1-5-28-10-6-7-16(28)13-25-21(26-14-19(29)27(2)3)24-12-15-11-17(30-4)8-9-18(15)31-20(22)23;/h8-9,11,16,20H,5-7,10,12-14H2,1-4H3,(H2,24,25,26);1H. The van der Waals surface area contributed by atoms with Crippen LogP contribution in [0, 0.1) is 0 Å². The Morgan fingerprint density at radius 1 is 1.34 bits per heavy atom. The highest BCUT2D eigenvalue weighted by molar-refractivity contribution is 14.0. The number of carbonyl (C=O) groups is 1. The van der Waals surface area contributed by atoms with Gasteiger partial charge in [0.15, 0.2) is 5.96 Å². The van der Waals surface area contributed by atoms with Crippen molar-refractivity contribution in [3.05, 3.63) is 23.8 Å². The monoisotopic (exact) mass is 569 g/mol. The third kappa shape index (κ3) is 8.93. The van der Waals surface area contributed by atoms with Gasteiger partial charge in [0.25, 0.3) is 0 Å². The Kier molecular flexibility index (Phi) is 12.6. The van der Waals surface area contributed by atoms with Crippen molar-refractivity contribution in [3.63, 3.8) is 0 Å². The summed E-state index contributed by atoms with van der Waals surface area (Å²) in [5.41, 5.74) is 0.454. The van der Waals surface area contributed by atoms with Gasteiger partial charge in [-0.05, 0) is 44.1 Å². The van der Waals surface area contributed by atoms with Crippen LogP contribution in [0.15, 0.2) is 23.2 Å². The summed E-state index contributed by atoms with van der Waals surface area (Å²) < 4.78 is 35.3. The van der Waals surface area contributed by atoms with Crippen molar-refractivity contribution in [2.45, 2.75) is 39.0 Å². The number of alkyl halides is 2. The molecule has 1 aliphatic rings. The SMILES string of the molecule is CCN1CCCC1CNC(=NCc1cc(OC)ccc1OC(F)F)NCC(=O)N(C)C.I. The van der Waals surface area contributed by atoms with Crippen LogP contribution >= 0.6 is 24.0 Å². The summed E-state index contributed by atoms with van der Waals surface area (Å²) in [4.78, 5) is 20.4. The molecule has 0 saturated carbocycles. The minimum Gasteiger partial charge on any atom is -0.497 e. The van der Waals surface area contributed by atoms with E-state index in [4.69, 9.17) is 4.74 Å². The van der Waals surface area contributed by atoms with Crippen molar-refractivity contribution in [1.29, 1.82) is 0 Å². The first-order chi connectivity index (χ1) is 14.8. The van der Waals surface area contributed by atoms with E-state index in [-0.39, 0.29) is 48.7 Å². The number of hydrogen-bond acceptors (Lipinski definition) is 5. The fraction of sp³-hybridized carbons (Fsp3) is 0.619. The number of carbonyl (C=O) groups excluding carboxylic acids is 1. The van der Waals surface area contributed by atoms with E-state index < -0.39 is 6.61 Å². The molecule has 1 heterocycles. The van der Waals surface area contributed by atoms with Gasteiger partial charge in [0.2, 0.25) is 5.91 Å². The lowest BCUT2D eigenvalue weighted by Gasteiger charge is -2.24. The van der Waals surface area contributed by atoms with Gasteiger partial charge >= 0.3 is 6.61 Å². The lowest BCUT2D eigenvalue weighted by atomic mass is 10.2. The van der Waals surface area contributed by atoms with Crippen LogP contribution in [-0.4, -0.2) is 81.7 Å². The Bertz CT molecular complexity index is 752. The van der Waals surface area contributed by atoms with Gasteiger partial charge < -0.3 is 25.0 Å². The molecular weight excluding hydrogens is 535 g/mol. The highest BCUT2D eigenvalue weighted by Gasteiger charge is 2.23. The van der Waals surface area contributed by atoms with Crippen LogP contribution in [-0.2, 0) is 11.3 Å². The summed E-state index contributed by atoms with van der Waals surface area (Å²) >= 11 is 0. The smallest absolute Gasteiger partial charge is 0.387 e. The summed E-state index contributed by atoms with van der Waals surface area (Å²) in [6, 6.07) is 4.98. The molecule has 1 amide bonds. The molecule has 1 saturated heterocycles. The normalized spacial score (nSPS) is 16.5. The Morgan fingerprint density at radius 2 is 2.09 bits per heavy atom. The van der Waals surface area contributed by atoms with Crippen LogP contribution in [0.4, 0.5) is 8.78 Å². The third-order valence-electron chi connectivity index (χ3n) is 5.21. The molecule has 0 bridgehead atoms. The molecule has 0 radical (unpaired) electrons. The maximum absolute atomic E-state index is 12.8. The van der Waals surface area contributed by atoms with Crippen LogP contribution in [0.2, 0.25) is 0 Å². The van der Waals surface area contributed by atoms with Gasteiger partial charge in [0.05, 0.1) is 20.2 Å². The molecule has 1 aromatic rings. The van der Waals surface area contributed by atoms with Gasteiger partial charge in [-0.25, -0.2) is 4.99 Å². The van der Waals surface area contributed by atoms with Gasteiger partial charge in [-0.3, -0.25) is 9.69 Å². The van der Waals surface area contributed by atoms with E-state index >= 15 is 0 Å². The molecule has 0 spiro atoms. The molecule has 0 aromatic heterocycles. The second-order valence-electron chi connectivity index (χ2n) is 7.46. The predicted molar refractivity (Wildman–Crippen MR) is 131 cm³/mol. The number of nitrogens with one attached hydrogen (secondary N) is 2. The van der Waals surface area contributed by atoms with Crippen molar-refractivity contribution in [1.82, 2.24) is 20.4 Å². The van der Waals surface area contributed by atoms with Crippen LogP contribution in [0.5, 0.6) is 11.5 Å². The number of nitrogens with zero attached hydrogens (tertiary/aromatic N) is 3. The molecule has 1 unspecified atom stereocenters. The zero-order valence-corrected chi connectivity index (χ0v) is 21.4. The van der Waals surface area contributed by atoms with Crippen LogP contribution in [0.3, 0.4) is 0 Å². The predicted octanol–water partition coefficient (Wildman–Crippen LogP) is 2.52. The first kappa shape index (κ1) is 28.1. The number of ether oxygens (including phenoxy) is 2. The van der Waals surface area contributed by atoms with E-state index in [0.717, 1.165) is 25.9 Å². The molecule has 32 heavy (non-hydrogen) atoms. The van der Waals surface area contributed by atoms with Crippen molar-refractivity contribution in [3.8, 4) is 11.5 Å².